The van der Waals surface area contributed by atoms with Crippen molar-refractivity contribution in [2.24, 2.45) is 5.73 Å². The first kappa shape index (κ1) is 12.8. The van der Waals surface area contributed by atoms with Crippen LogP contribution >= 0.6 is 35.0 Å². The van der Waals surface area contributed by atoms with E-state index in [4.69, 9.17) is 28.9 Å². The normalized spacial score (nSPS) is 11.1. The predicted octanol–water partition coefficient (Wildman–Crippen LogP) is 2.65. The lowest BCUT2D eigenvalue weighted by Crippen LogP contribution is -2.05. The van der Waals surface area contributed by atoms with E-state index in [1.807, 2.05) is 0 Å². The van der Waals surface area contributed by atoms with Crippen molar-refractivity contribution in [2.75, 3.05) is 6.26 Å². The Kier molecular flexibility index (Phi) is 3.67. The van der Waals surface area contributed by atoms with Gasteiger partial charge in [-0.05, 0) is 6.26 Å². The standard InChI is InChI=1S/C9H7Cl2FN4S/c1-17-9-15-6-4(7(10)16-9)3(2-13)14-8(11)5(6)12/h2,13H2,1H3. The summed E-state index contributed by atoms with van der Waals surface area (Å²) in [6, 6.07) is 0. The molecule has 0 amide bonds. The maximum absolute atomic E-state index is 13.8. The van der Waals surface area contributed by atoms with Gasteiger partial charge in [0.05, 0.1) is 11.1 Å². The van der Waals surface area contributed by atoms with Crippen LogP contribution in [0.1, 0.15) is 5.69 Å². The molecule has 0 atom stereocenters. The lowest BCUT2D eigenvalue weighted by Gasteiger charge is -2.08. The molecule has 2 aromatic heterocycles. The van der Waals surface area contributed by atoms with Crippen molar-refractivity contribution in [2.45, 2.75) is 11.7 Å². The largest absolute Gasteiger partial charge is 0.325 e. The Labute approximate surface area is 111 Å². The Morgan fingerprint density at radius 3 is 2.53 bits per heavy atom. The maximum atomic E-state index is 13.8. The Balaban J connectivity index is 2.92. The average molecular weight is 293 g/mol. The molecule has 0 spiro atoms. The molecule has 4 nitrogen and oxygen atoms in total. The number of nitrogens with two attached hydrogens (primary N) is 1. The van der Waals surface area contributed by atoms with Gasteiger partial charge >= 0.3 is 0 Å². The summed E-state index contributed by atoms with van der Waals surface area (Å²) >= 11 is 12.9. The number of rotatable bonds is 2. The van der Waals surface area contributed by atoms with E-state index in [0.717, 1.165) is 0 Å². The van der Waals surface area contributed by atoms with E-state index in [1.165, 1.54) is 11.8 Å². The second-order valence-corrected chi connectivity index (χ2v) is 4.58. The molecule has 0 unspecified atom stereocenters. The van der Waals surface area contributed by atoms with Gasteiger partial charge in [0.1, 0.15) is 10.7 Å². The number of fused-ring (bicyclic) bond motifs is 1. The van der Waals surface area contributed by atoms with E-state index in [-0.39, 0.29) is 22.4 Å². The van der Waals surface area contributed by atoms with Crippen LogP contribution in [0.15, 0.2) is 5.16 Å². The number of aromatic nitrogens is 3. The van der Waals surface area contributed by atoms with Crippen molar-refractivity contribution >= 4 is 45.9 Å². The molecule has 0 aromatic carbocycles. The summed E-state index contributed by atoms with van der Waals surface area (Å²) in [6.45, 7) is 0.0815. The van der Waals surface area contributed by atoms with Gasteiger partial charge in [0, 0.05) is 6.54 Å². The number of hydrogen-bond acceptors (Lipinski definition) is 5. The van der Waals surface area contributed by atoms with E-state index >= 15 is 0 Å². The zero-order valence-corrected chi connectivity index (χ0v) is 11.0. The number of nitrogens with zero attached hydrogens (tertiary/aromatic N) is 3. The third-order valence-electron chi connectivity index (χ3n) is 2.13. The highest BCUT2D eigenvalue weighted by Crippen LogP contribution is 2.30. The molecule has 2 heterocycles. The second kappa shape index (κ2) is 4.89. The van der Waals surface area contributed by atoms with Crippen LogP contribution in [0, 0.1) is 5.82 Å². The van der Waals surface area contributed by atoms with Crippen molar-refractivity contribution in [3.8, 4) is 0 Å². The molecule has 8 heteroatoms. The van der Waals surface area contributed by atoms with E-state index < -0.39 is 5.82 Å². The molecule has 17 heavy (non-hydrogen) atoms. The first-order chi connectivity index (χ1) is 8.08. The molecule has 2 aromatic rings. The number of thioether (sulfide) groups is 1. The first-order valence-electron chi connectivity index (χ1n) is 4.53. The van der Waals surface area contributed by atoms with Crippen LogP contribution in [0.3, 0.4) is 0 Å². The minimum absolute atomic E-state index is 0.0507. The summed E-state index contributed by atoms with van der Waals surface area (Å²) in [5, 5.41) is 0.545. The highest BCUT2D eigenvalue weighted by Gasteiger charge is 2.17. The molecule has 0 fully saturated rings. The minimum Gasteiger partial charge on any atom is -0.325 e. The summed E-state index contributed by atoms with van der Waals surface area (Å²) in [5.74, 6) is -0.710. The van der Waals surface area contributed by atoms with Gasteiger partial charge in [-0.25, -0.2) is 19.3 Å². The third-order valence-corrected chi connectivity index (χ3v) is 3.20. The van der Waals surface area contributed by atoms with Gasteiger partial charge in [0.15, 0.2) is 16.1 Å². The van der Waals surface area contributed by atoms with Crippen LogP contribution in [-0.2, 0) is 6.54 Å². The van der Waals surface area contributed by atoms with Gasteiger partial charge < -0.3 is 5.73 Å². The Morgan fingerprint density at radius 2 is 1.94 bits per heavy atom. The van der Waals surface area contributed by atoms with Crippen LogP contribution in [-0.4, -0.2) is 21.2 Å². The molecule has 0 bridgehead atoms. The second-order valence-electron chi connectivity index (χ2n) is 3.09. The highest BCUT2D eigenvalue weighted by atomic mass is 35.5. The van der Waals surface area contributed by atoms with Gasteiger partial charge in [0.2, 0.25) is 0 Å². The van der Waals surface area contributed by atoms with Crippen molar-refractivity contribution in [1.29, 1.82) is 0 Å². The minimum atomic E-state index is -0.710. The quantitative estimate of drug-likeness (QED) is 0.399. The molecule has 90 valence electrons. The summed E-state index contributed by atoms with van der Waals surface area (Å²) in [6.07, 6.45) is 1.77. The van der Waals surface area contributed by atoms with Gasteiger partial charge in [-0.15, -0.1) is 0 Å². The Morgan fingerprint density at radius 1 is 1.24 bits per heavy atom. The maximum Gasteiger partial charge on any atom is 0.189 e. The lowest BCUT2D eigenvalue weighted by atomic mass is 10.2. The number of halogens is 3. The lowest BCUT2D eigenvalue weighted by molar-refractivity contribution is 0.628. The summed E-state index contributed by atoms with van der Waals surface area (Å²) < 4.78 is 13.8. The van der Waals surface area contributed by atoms with E-state index in [2.05, 4.69) is 15.0 Å². The zero-order chi connectivity index (χ0) is 12.6. The summed E-state index contributed by atoms with van der Waals surface area (Å²) in [4.78, 5) is 11.9. The van der Waals surface area contributed by atoms with Gasteiger partial charge in [-0.3, -0.25) is 0 Å². The monoisotopic (exact) mass is 292 g/mol. The molecular weight excluding hydrogens is 286 g/mol. The molecule has 0 saturated heterocycles. The molecule has 0 aliphatic carbocycles. The van der Waals surface area contributed by atoms with E-state index in [0.29, 0.717) is 16.2 Å². The van der Waals surface area contributed by atoms with Crippen LogP contribution in [0.2, 0.25) is 10.3 Å². The Bertz CT molecular complexity index is 593. The van der Waals surface area contributed by atoms with E-state index in [1.54, 1.807) is 6.26 Å². The van der Waals surface area contributed by atoms with Crippen LogP contribution in [0.25, 0.3) is 10.9 Å². The molecule has 2 rings (SSSR count). The molecule has 0 radical (unpaired) electrons. The smallest absolute Gasteiger partial charge is 0.189 e. The average Bonchev–Trinajstić information content (AvgIpc) is 2.33. The fraction of sp³-hybridized carbons (Fsp3) is 0.222. The zero-order valence-electron chi connectivity index (χ0n) is 8.67. The van der Waals surface area contributed by atoms with Crippen LogP contribution in [0.5, 0.6) is 0 Å². The predicted molar refractivity (Wildman–Crippen MR) is 67.0 cm³/mol. The molecule has 2 N–H and O–H groups in total. The summed E-state index contributed by atoms with van der Waals surface area (Å²) in [5.41, 5.74) is 5.94. The van der Waals surface area contributed by atoms with E-state index in [9.17, 15) is 4.39 Å². The number of hydrogen-bond donors (Lipinski definition) is 1. The van der Waals surface area contributed by atoms with Crippen molar-refractivity contribution < 1.29 is 4.39 Å². The SMILES string of the molecule is CSc1nc(Cl)c2c(CN)nc(Cl)c(F)c2n1. The molecule has 0 aliphatic rings. The Hall–Kier alpha value is -0.690. The van der Waals surface area contributed by atoms with Gasteiger partial charge in [-0.1, -0.05) is 35.0 Å². The molecular formula is C9H7Cl2FN4S. The molecule has 0 aliphatic heterocycles. The fourth-order valence-electron chi connectivity index (χ4n) is 1.39. The third kappa shape index (κ3) is 2.18. The van der Waals surface area contributed by atoms with Crippen molar-refractivity contribution in [3.63, 3.8) is 0 Å². The molecule has 0 saturated carbocycles. The topological polar surface area (TPSA) is 64.7 Å². The highest BCUT2D eigenvalue weighted by molar-refractivity contribution is 7.98. The number of pyridine rings is 1. The summed E-state index contributed by atoms with van der Waals surface area (Å²) in [7, 11) is 0. The fourth-order valence-corrected chi connectivity index (χ4v) is 2.27. The first-order valence-corrected chi connectivity index (χ1v) is 6.51. The van der Waals surface area contributed by atoms with Crippen LogP contribution < -0.4 is 5.73 Å². The van der Waals surface area contributed by atoms with Crippen LogP contribution in [0.4, 0.5) is 4.39 Å². The van der Waals surface area contributed by atoms with Crippen molar-refractivity contribution in [3.05, 3.63) is 21.8 Å². The van der Waals surface area contributed by atoms with Gasteiger partial charge in [-0.2, -0.15) is 0 Å². The van der Waals surface area contributed by atoms with Gasteiger partial charge in [0.25, 0.3) is 0 Å². The van der Waals surface area contributed by atoms with Crippen molar-refractivity contribution in [1.82, 2.24) is 15.0 Å².